The molecule has 1 heterocycles. The minimum atomic E-state index is -1.58. The number of carbonyl (C=O) groups is 2. The Hall–Kier alpha value is -2.64. The molecule has 0 bridgehead atoms. The lowest BCUT2D eigenvalue weighted by Gasteiger charge is -2.40. The summed E-state index contributed by atoms with van der Waals surface area (Å²) in [5.74, 6) is -0.212. The number of aliphatic hydroxyl groups excluding tert-OH is 5. The van der Waals surface area contributed by atoms with Crippen LogP contribution in [0, 0.1) is 0 Å². The molecule has 78 heavy (non-hydrogen) atoms. The van der Waals surface area contributed by atoms with E-state index < -0.39 is 49.5 Å². The molecule has 0 aliphatic carbocycles. The van der Waals surface area contributed by atoms with Crippen molar-refractivity contribution in [2.75, 3.05) is 19.8 Å². The van der Waals surface area contributed by atoms with E-state index in [4.69, 9.17) is 14.2 Å². The van der Waals surface area contributed by atoms with Crippen LogP contribution in [0.25, 0.3) is 0 Å². The van der Waals surface area contributed by atoms with Crippen LogP contribution >= 0.6 is 0 Å². The van der Waals surface area contributed by atoms with E-state index in [-0.39, 0.29) is 18.5 Å². The minimum Gasteiger partial charge on any atom is -0.466 e. The van der Waals surface area contributed by atoms with Crippen molar-refractivity contribution < 1.29 is 49.3 Å². The second-order valence-electron chi connectivity index (χ2n) is 22.4. The molecule has 7 unspecified atom stereocenters. The molecule has 11 heteroatoms. The summed E-state index contributed by atoms with van der Waals surface area (Å²) in [6.07, 6.45) is 63.2. The van der Waals surface area contributed by atoms with E-state index in [2.05, 4.69) is 67.8 Å². The smallest absolute Gasteiger partial charge is 0.305 e. The van der Waals surface area contributed by atoms with Gasteiger partial charge in [0.05, 0.1) is 32.0 Å². The van der Waals surface area contributed by atoms with Crippen LogP contribution in [0.1, 0.15) is 290 Å². The molecule has 1 amide bonds. The van der Waals surface area contributed by atoms with Gasteiger partial charge in [0.15, 0.2) is 6.29 Å². The predicted molar refractivity (Wildman–Crippen MR) is 324 cm³/mol. The second-order valence-corrected chi connectivity index (χ2v) is 22.4. The number of amides is 1. The summed E-state index contributed by atoms with van der Waals surface area (Å²) in [6.45, 7) is 4.27. The number of ether oxygens (including phenoxy) is 3. The highest BCUT2D eigenvalue weighted by Gasteiger charge is 2.44. The maximum Gasteiger partial charge on any atom is 0.305 e. The monoisotopic (exact) mass is 1100 g/mol. The van der Waals surface area contributed by atoms with Crippen molar-refractivity contribution in [3.05, 3.63) is 60.8 Å². The van der Waals surface area contributed by atoms with Gasteiger partial charge in [0.1, 0.15) is 24.4 Å². The number of hydrogen-bond donors (Lipinski definition) is 6. The molecule has 0 aromatic rings. The number of rotatable bonds is 56. The van der Waals surface area contributed by atoms with Gasteiger partial charge in [-0.1, -0.05) is 235 Å². The zero-order chi connectivity index (χ0) is 56.6. The first-order valence-electron chi connectivity index (χ1n) is 32.6. The molecule has 1 saturated heterocycles. The molecule has 1 rings (SSSR count). The Morgan fingerprint density at radius 2 is 0.846 bits per heavy atom. The Kier molecular flexibility index (Phi) is 52.9. The molecule has 0 aromatic heterocycles. The van der Waals surface area contributed by atoms with Gasteiger partial charge in [-0.25, -0.2) is 0 Å². The van der Waals surface area contributed by atoms with Gasteiger partial charge >= 0.3 is 5.97 Å². The first-order chi connectivity index (χ1) is 38.2. The van der Waals surface area contributed by atoms with E-state index in [9.17, 15) is 35.1 Å². The molecule has 1 fully saturated rings. The molecule has 454 valence electrons. The third-order valence-electron chi connectivity index (χ3n) is 15.1. The average Bonchev–Trinajstić information content (AvgIpc) is 3.44. The molecule has 0 spiro atoms. The molecular formula is C67H121NO10. The van der Waals surface area contributed by atoms with Crippen molar-refractivity contribution in [1.29, 1.82) is 0 Å². The van der Waals surface area contributed by atoms with Crippen LogP contribution in [0.3, 0.4) is 0 Å². The minimum absolute atomic E-state index is 0.0109. The fraction of sp³-hybridized carbons (Fsp3) is 0.821. The summed E-state index contributed by atoms with van der Waals surface area (Å²) >= 11 is 0. The molecule has 0 saturated carbocycles. The zero-order valence-electron chi connectivity index (χ0n) is 50.1. The van der Waals surface area contributed by atoms with Crippen LogP contribution < -0.4 is 5.32 Å². The van der Waals surface area contributed by atoms with Crippen LogP contribution in [0.4, 0.5) is 0 Å². The van der Waals surface area contributed by atoms with E-state index in [1.165, 1.54) is 180 Å². The summed E-state index contributed by atoms with van der Waals surface area (Å²) in [7, 11) is 0. The van der Waals surface area contributed by atoms with Crippen LogP contribution in [0.15, 0.2) is 60.8 Å². The van der Waals surface area contributed by atoms with E-state index >= 15 is 0 Å². The summed E-state index contributed by atoms with van der Waals surface area (Å²) in [5, 5.41) is 54.5. The van der Waals surface area contributed by atoms with Gasteiger partial charge in [0.25, 0.3) is 0 Å². The number of carbonyl (C=O) groups excluding carboxylic acids is 2. The van der Waals surface area contributed by atoms with Gasteiger partial charge in [-0.3, -0.25) is 9.59 Å². The maximum atomic E-state index is 13.1. The first-order valence-corrected chi connectivity index (χ1v) is 32.6. The fourth-order valence-corrected chi connectivity index (χ4v) is 9.85. The van der Waals surface area contributed by atoms with Crippen molar-refractivity contribution >= 4 is 11.9 Å². The molecule has 1 aliphatic heterocycles. The van der Waals surface area contributed by atoms with Crippen molar-refractivity contribution in [2.45, 2.75) is 333 Å². The van der Waals surface area contributed by atoms with Crippen molar-refractivity contribution in [3.8, 4) is 0 Å². The Morgan fingerprint density at radius 3 is 1.31 bits per heavy atom. The van der Waals surface area contributed by atoms with Gasteiger partial charge in [0.2, 0.25) is 5.91 Å². The number of esters is 1. The summed E-state index contributed by atoms with van der Waals surface area (Å²) in [5.41, 5.74) is 0. The summed E-state index contributed by atoms with van der Waals surface area (Å²) < 4.78 is 16.7. The van der Waals surface area contributed by atoms with E-state index in [0.717, 1.165) is 83.5 Å². The molecule has 7 atom stereocenters. The molecule has 11 nitrogen and oxygen atoms in total. The summed E-state index contributed by atoms with van der Waals surface area (Å²) in [6, 6.07) is -0.839. The maximum absolute atomic E-state index is 13.1. The van der Waals surface area contributed by atoms with Crippen LogP contribution in [-0.4, -0.2) is 100 Å². The van der Waals surface area contributed by atoms with Crippen molar-refractivity contribution in [2.24, 2.45) is 0 Å². The van der Waals surface area contributed by atoms with E-state index in [0.29, 0.717) is 19.4 Å². The van der Waals surface area contributed by atoms with Crippen molar-refractivity contribution in [1.82, 2.24) is 5.32 Å². The third-order valence-corrected chi connectivity index (χ3v) is 15.1. The largest absolute Gasteiger partial charge is 0.466 e. The lowest BCUT2D eigenvalue weighted by atomic mass is 9.99. The lowest BCUT2D eigenvalue weighted by Crippen LogP contribution is -2.60. The SMILES string of the molecule is CCCC/C=C\CCCCCCCC(=O)OCCCCCCCCCCCCCC/C=C\CCCCCCCCCCC(=O)NC(COC1OC(CO)C(O)C(O)C1O)C(O)/C=C/CC/C=C/CC/C=C/CCCCCCC. The van der Waals surface area contributed by atoms with E-state index in [1.54, 1.807) is 6.08 Å². The first kappa shape index (κ1) is 73.4. The summed E-state index contributed by atoms with van der Waals surface area (Å²) in [4.78, 5) is 25.1. The molecule has 1 aliphatic rings. The number of hydrogen-bond acceptors (Lipinski definition) is 10. The average molecular weight is 1100 g/mol. The number of nitrogens with one attached hydrogen (secondary N) is 1. The number of unbranched alkanes of at least 4 members (excludes halogenated alkanes) is 34. The number of allylic oxidation sites excluding steroid dienone is 9. The highest BCUT2D eigenvalue weighted by Crippen LogP contribution is 2.23. The Labute approximate surface area is 478 Å². The van der Waals surface area contributed by atoms with Crippen LogP contribution in [0.5, 0.6) is 0 Å². The highest BCUT2D eigenvalue weighted by atomic mass is 16.7. The molecule has 0 aromatic carbocycles. The van der Waals surface area contributed by atoms with Gasteiger partial charge in [-0.15, -0.1) is 0 Å². The predicted octanol–water partition coefficient (Wildman–Crippen LogP) is 15.8. The second kappa shape index (κ2) is 56.2. The van der Waals surface area contributed by atoms with Gasteiger partial charge < -0.3 is 45.1 Å². The number of aliphatic hydroxyl groups is 5. The highest BCUT2D eigenvalue weighted by molar-refractivity contribution is 5.76. The van der Waals surface area contributed by atoms with Crippen LogP contribution in [0.2, 0.25) is 0 Å². The Balaban J connectivity index is 2.08. The Morgan fingerprint density at radius 1 is 0.462 bits per heavy atom. The molecular weight excluding hydrogens is 979 g/mol. The normalized spacial score (nSPS) is 18.9. The molecule has 0 radical (unpaired) electrons. The zero-order valence-corrected chi connectivity index (χ0v) is 50.1. The van der Waals surface area contributed by atoms with Gasteiger partial charge in [-0.05, 0) is 103 Å². The fourth-order valence-electron chi connectivity index (χ4n) is 9.85. The van der Waals surface area contributed by atoms with Crippen molar-refractivity contribution in [3.63, 3.8) is 0 Å². The van der Waals surface area contributed by atoms with Crippen LogP contribution in [-0.2, 0) is 23.8 Å². The lowest BCUT2D eigenvalue weighted by molar-refractivity contribution is -0.302. The Bertz CT molecular complexity index is 1480. The molecule has 6 N–H and O–H groups in total. The topological polar surface area (TPSA) is 175 Å². The van der Waals surface area contributed by atoms with Gasteiger partial charge in [0, 0.05) is 12.8 Å². The standard InChI is InChI=1S/C67H121NO10/c1-3-5-7-9-11-13-15-16-27-30-34-37-41-45-49-53-60(70)59(58-77-67-66(75)65(74)64(73)61(57-69)78-67)68-62(71)54-50-46-42-38-35-31-28-25-23-21-19-17-18-20-22-24-26-29-32-36-40-44-48-52-56-76-63(72)55-51-47-43-39-33-14-12-10-8-6-4-2/h10,12,15-16,19,21,34,37,49,53,59-61,64-67,69-70,73-75H,3-9,11,13-14,17-18,20,22-33,35-36,38-48,50-52,54-58H2,1-2H3,(H,68,71)/b12-10-,16-15+,21-19-,37-34+,53-49+. The van der Waals surface area contributed by atoms with Gasteiger partial charge in [-0.2, -0.15) is 0 Å². The quantitative estimate of drug-likeness (QED) is 0.0195. The third kappa shape index (κ3) is 45.0. The van der Waals surface area contributed by atoms with E-state index in [1.807, 2.05) is 6.08 Å².